The molecule has 0 fully saturated rings. The Bertz CT molecular complexity index is 380. The van der Waals surface area contributed by atoms with E-state index in [-0.39, 0.29) is 5.97 Å². The maximum Gasteiger partial charge on any atom is 0.339 e. The van der Waals surface area contributed by atoms with E-state index in [9.17, 15) is 4.79 Å². The van der Waals surface area contributed by atoms with Crippen molar-refractivity contribution >= 4 is 11.7 Å². The van der Waals surface area contributed by atoms with Crippen molar-refractivity contribution in [2.45, 2.75) is 13.3 Å². The fourth-order valence-electron chi connectivity index (χ4n) is 1.83. The van der Waals surface area contributed by atoms with E-state index < -0.39 is 0 Å². The van der Waals surface area contributed by atoms with E-state index in [1.807, 2.05) is 25.2 Å². The normalized spacial score (nSPS) is 11.9. The maximum absolute atomic E-state index is 11.6. The second kappa shape index (κ2) is 7.71. The number of esters is 1. The Morgan fingerprint density at radius 2 is 2.06 bits per heavy atom. The molecular formula is C14H22N2O2. The molecule has 2 N–H and O–H groups in total. The summed E-state index contributed by atoms with van der Waals surface area (Å²) in [6.07, 6.45) is 1.09. The summed E-state index contributed by atoms with van der Waals surface area (Å²) in [4.78, 5) is 11.6. The third kappa shape index (κ3) is 4.04. The van der Waals surface area contributed by atoms with Crippen LogP contribution in [0, 0.1) is 5.92 Å². The Kier molecular flexibility index (Phi) is 6.22. The lowest BCUT2D eigenvalue weighted by atomic mass is 10.1. The predicted molar refractivity (Wildman–Crippen MR) is 74.0 cm³/mol. The first-order valence-corrected chi connectivity index (χ1v) is 6.28. The molecule has 0 bridgehead atoms. The Morgan fingerprint density at radius 3 is 2.67 bits per heavy atom. The van der Waals surface area contributed by atoms with Gasteiger partial charge in [0.05, 0.1) is 12.7 Å². The first kappa shape index (κ1) is 14.5. The highest BCUT2D eigenvalue weighted by Crippen LogP contribution is 2.16. The Balaban J connectivity index is 2.69. The number of rotatable bonds is 7. The van der Waals surface area contributed by atoms with E-state index in [1.54, 1.807) is 6.07 Å². The number of benzene rings is 1. The van der Waals surface area contributed by atoms with E-state index in [4.69, 9.17) is 4.74 Å². The minimum Gasteiger partial charge on any atom is -0.465 e. The zero-order chi connectivity index (χ0) is 13.4. The summed E-state index contributed by atoms with van der Waals surface area (Å²) in [5.41, 5.74) is 1.42. The van der Waals surface area contributed by atoms with Crippen molar-refractivity contribution in [3.8, 4) is 0 Å². The van der Waals surface area contributed by atoms with Crippen LogP contribution in [0.1, 0.15) is 23.7 Å². The van der Waals surface area contributed by atoms with Gasteiger partial charge in [0, 0.05) is 12.2 Å². The van der Waals surface area contributed by atoms with E-state index in [0.717, 1.165) is 25.2 Å². The number of hydrogen-bond acceptors (Lipinski definition) is 4. The SMILES string of the molecule is CCC(CNC)CNc1ccccc1C(=O)OC. The molecule has 1 rings (SSSR count). The van der Waals surface area contributed by atoms with Crippen LogP contribution in [0.25, 0.3) is 0 Å². The zero-order valence-corrected chi connectivity index (χ0v) is 11.3. The molecule has 0 aromatic heterocycles. The molecule has 1 atom stereocenters. The molecular weight excluding hydrogens is 228 g/mol. The van der Waals surface area contributed by atoms with Crippen molar-refractivity contribution in [3.05, 3.63) is 29.8 Å². The first-order chi connectivity index (χ1) is 8.72. The molecule has 4 nitrogen and oxygen atoms in total. The molecule has 0 radical (unpaired) electrons. The summed E-state index contributed by atoms with van der Waals surface area (Å²) in [5, 5.41) is 6.50. The molecule has 0 saturated heterocycles. The minimum atomic E-state index is -0.306. The fraction of sp³-hybridized carbons (Fsp3) is 0.500. The van der Waals surface area contributed by atoms with E-state index in [2.05, 4.69) is 17.6 Å². The highest BCUT2D eigenvalue weighted by atomic mass is 16.5. The van der Waals surface area contributed by atoms with Crippen molar-refractivity contribution in [1.82, 2.24) is 5.32 Å². The lowest BCUT2D eigenvalue weighted by Gasteiger charge is -2.17. The van der Waals surface area contributed by atoms with Crippen LogP contribution in [0.3, 0.4) is 0 Å². The molecule has 0 aliphatic heterocycles. The summed E-state index contributed by atoms with van der Waals surface area (Å²) in [6, 6.07) is 7.42. The van der Waals surface area contributed by atoms with Crippen LogP contribution in [0.15, 0.2) is 24.3 Å². The molecule has 100 valence electrons. The van der Waals surface area contributed by atoms with Gasteiger partial charge in [-0.05, 0) is 31.6 Å². The van der Waals surface area contributed by atoms with Crippen LogP contribution in [0.2, 0.25) is 0 Å². The summed E-state index contributed by atoms with van der Waals surface area (Å²) in [6.45, 7) is 3.96. The monoisotopic (exact) mass is 250 g/mol. The van der Waals surface area contributed by atoms with Crippen LogP contribution in [0.4, 0.5) is 5.69 Å². The second-order valence-electron chi connectivity index (χ2n) is 4.25. The van der Waals surface area contributed by atoms with Gasteiger partial charge in [-0.2, -0.15) is 0 Å². The average molecular weight is 250 g/mol. The number of para-hydroxylation sites is 1. The highest BCUT2D eigenvalue weighted by Gasteiger charge is 2.12. The number of hydrogen-bond donors (Lipinski definition) is 2. The summed E-state index contributed by atoms with van der Waals surface area (Å²) < 4.78 is 4.77. The topological polar surface area (TPSA) is 50.4 Å². The van der Waals surface area contributed by atoms with Gasteiger partial charge in [-0.15, -0.1) is 0 Å². The lowest BCUT2D eigenvalue weighted by molar-refractivity contribution is 0.0602. The molecule has 1 unspecified atom stereocenters. The van der Waals surface area contributed by atoms with Crippen LogP contribution in [-0.4, -0.2) is 33.2 Å². The molecule has 0 aliphatic carbocycles. The van der Waals surface area contributed by atoms with Crippen molar-refractivity contribution in [1.29, 1.82) is 0 Å². The third-order valence-electron chi connectivity index (χ3n) is 2.98. The van der Waals surface area contributed by atoms with Crippen molar-refractivity contribution in [2.24, 2.45) is 5.92 Å². The second-order valence-corrected chi connectivity index (χ2v) is 4.25. The summed E-state index contributed by atoms with van der Waals surface area (Å²) in [7, 11) is 3.35. The molecule has 0 amide bonds. The van der Waals surface area contributed by atoms with E-state index in [1.165, 1.54) is 7.11 Å². The maximum atomic E-state index is 11.6. The van der Waals surface area contributed by atoms with Gasteiger partial charge in [0.25, 0.3) is 0 Å². The van der Waals surface area contributed by atoms with Gasteiger partial charge in [-0.1, -0.05) is 25.5 Å². The number of carbonyl (C=O) groups excluding carboxylic acids is 1. The molecule has 0 spiro atoms. The quantitative estimate of drug-likeness (QED) is 0.728. The number of carbonyl (C=O) groups is 1. The summed E-state index contributed by atoms with van der Waals surface area (Å²) in [5.74, 6) is 0.237. The van der Waals surface area contributed by atoms with Gasteiger partial charge in [-0.25, -0.2) is 4.79 Å². The number of ether oxygens (including phenoxy) is 1. The smallest absolute Gasteiger partial charge is 0.339 e. The van der Waals surface area contributed by atoms with Crippen LogP contribution in [0.5, 0.6) is 0 Å². The number of methoxy groups -OCH3 is 1. The van der Waals surface area contributed by atoms with Gasteiger partial charge < -0.3 is 15.4 Å². The van der Waals surface area contributed by atoms with Gasteiger partial charge in [0.15, 0.2) is 0 Å². The predicted octanol–water partition coefficient (Wildman–Crippen LogP) is 2.13. The van der Waals surface area contributed by atoms with E-state index in [0.29, 0.717) is 11.5 Å². The van der Waals surface area contributed by atoms with Crippen LogP contribution in [-0.2, 0) is 4.74 Å². The van der Waals surface area contributed by atoms with Crippen LogP contribution >= 0.6 is 0 Å². The van der Waals surface area contributed by atoms with E-state index >= 15 is 0 Å². The van der Waals surface area contributed by atoms with Crippen molar-refractivity contribution in [3.63, 3.8) is 0 Å². The highest BCUT2D eigenvalue weighted by molar-refractivity contribution is 5.95. The molecule has 1 aromatic rings. The summed E-state index contributed by atoms with van der Waals surface area (Å²) >= 11 is 0. The number of nitrogens with one attached hydrogen (secondary N) is 2. The largest absolute Gasteiger partial charge is 0.465 e. The van der Waals surface area contributed by atoms with Gasteiger partial charge in [0.1, 0.15) is 0 Å². The number of anilines is 1. The lowest BCUT2D eigenvalue weighted by Crippen LogP contribution is -2.25. The van der Waals surface area contributed by atoms with Crippen molar-refractivity contribution < 1.29 is 9.53 Å². The Morgan fingerprint density at radius 1 is 1.33 bits per heavy atom. The van der Waals surface area contributed by atoms with Gasteiger partial charge in [-0.3, -0.25) is 0 Å². The first-order valence-electron chi connectivity index (χ1n) is 6.28. The van der Waals surface area contributed by atoms with Gasteiger partial charge in [0.2, 0.25) is 0 Å². The average Bonchev–Trinajstić information content (AvgIpc) is 2.43. The molecule has 1 aromatic carbocycles. The molecule has 4 heteroatoms. The third-order valence-corrected chi connectivity index (χ3v) is 2.98. The minimum absolute atomic E-state index is 0.306. The Labute approximate surface area is 109 Å². The molecule has 0 heterocycles. The molecule has 0 saturated carbocycles. The Hall–Kier alpha value is -1.55. The fourth-order valence-corrected chi connectivity index (χ4v) is 1.83. The van der Waals surface area contributed by atoms with Gasteiger partial charge >= 0.3 is 5.97 Å². The van der Waals surface area contributed by atoms with Crippen LogP contribution < -0.4 is 10.6 Å². The zero-order valence-electron chi connectivity index (χ0n) is 11.3. The molecule has 0 aliphatic rings. The van der Waals surface area contributed by atoms with Crippen molar-refractivity contribution in [2.75, 3.05) is 32.6 Å². The molecule has 18 heavy (non-hydrogen) atoms. The standard InChI is InChI=1S/C14H22N2O2/c1-4-11(9-15-2)10-16-13-8-6-5-7-12(13)14(17)18-3/h5-8,11,15-16H,4,9-10H2,1-3H3.